The van der Waals surface area contributed by atoms with Crippen LogP contribution in [0.15, 0.2) is 127 Å². The summed E-state index contributed by atoms with van der Waals surface area (Å²) in [5.41, 5.74) is 8.61. The largest absolute Gasteiger partial charge is 0.301 e. The van der Waals surface area contributed by atoms with Gasteiger partial charge in [-0.05, 0) is 59.2 Å². The van der Waals surface area contributed by atoms with E-state index < -0.39 is 7.44 Å². The van der Waals surface area contributed by atoms with Crippen molar-refractivity contribution >= 4 is 35.5 Å². The van der Waals surface area contributed by atoms with Crippen molar-refractivity contribution in [3.8, 4) is 11.1 Å². The Morgan fingerprint density at radius 2 is 1.08 bits per heavy atom. The van der Waals surface area contributed by atoms with Crippen molar-refractivity contribution in [2.24, 2.45) is 0 Å². The van der Waals surface area contributed by atoms with Gasteiger partial charge in [0, 0.05) is 16.7 Å². The number of fused-ring (bicyclic) bond motifs is 4. The van der Waals surface area contributed by atoms with Gasteiger partial charge in [0.15, 0.2) is 0 Å². The number of anilines is 4. The molecule has 0 radical (unpaired) electrons. The van der Waals surface area contributed by atoms with Crippen LogP contribution in [-0.4, -0.2) is 0 Å². The van der Waals surface area contributed by atoms with E-state index in [4.69, 9.17) is 0 Å². The molecule has 0 spiro atoms. The molecule has 5 aromatic carbocycles. The molecule has 0 aromatic heterocycles. The van der Waals surface area contributed by atoms with Crippen molar-refractivity contribution in [1.29, 1.82) is 0 Å². The number of para-hydroxylation sites is 3. The lowest BCUT2D eigenvalue weighted by molar-refractivity contribution is 0.582. The molecule has 180 valence electrons. The van der Waals surface area contributed by atoms with Gasteiger partial charge in [-0.15, -0.1) is 0 Å². The summed E-state index contributed by atoms with van der Waals surface area (Å²) in [6.07, 6.45) is 0. The van der Waals surface area contributed by atoms with Crippen molar-refractivity contribution in [3.05, 3.63) is 139 Å². The van der Waals surface area contributed by atoms with Gasteiger partial charge in [0.25, 0.3) is 0 Å². The lowest BCUT2D eigenvalue weighted by Gasteiger charge is -2.34. The lowest BCUT2D eigenvalue weighted by Crippen LogP contribution is -2.26. The van der Waals surface area contributed by atoms with Crippen LogP contribution in [0.1, 0.15) is 25.0 Å². The van der Waals surface area contributed by atoms with Crippen LogP contribution in [0.5, 0.6) is 0 Å². The van der Waals surface area contributed by atoms with Crippen LogP contribution in [-0.2, 0) is 9.98 Å². The molecule has 3 nitrogen and oxygen atoms in total. The highest BCUT2D eigenvalue weighted by Crippen LogP contribution is 2.71. The summed E-state index contributed by atoms with van der Waals surface area (Å²) in [6.45, 7) is 4.57. The molecule has 0 bridgehead atoms. The number of hydrogen-bond donors (Lipinski definition) is 0. The third-order valence-electron chi connectivity index (χ3n) is 7.79. The second-order valence-corrected chi connectivity index (χ2v) is 12.6. The van der Waals surface area contributed by atoms with Gasteiger partial charge in [0.2, 0.25) is 0 Å². The van der Waals surface area contributed by atoms with E-state index in [1.807, 2.05) is 72.8 Å². The predicted octanol–water partition coefficient (Wildman–Crippen LogP) is 8.80. The molecule has 0 saturated heterocycles. The summed E-state index contributed by atoms with van der Waals surface area (Å²) in [4.78, 5) is 0. The molecule has 0 saturated carbocycles. The Bertz CT molecular complexity index is 1690. The van der Waals surface area contributed by atoms with E-state index >= 15 is 4.57 Å². The minimum atomic E-state index is -3.39. The molecular weight excluding hydrogens is 471 g/mol. The second kappa shape index (κ2) is 7.96. The van der Waals surface area contributed by atoms with Crippen LogP contribution in [0.3, 0.4) is 0 Å². The quantitative estimate of drug-likeness (QED) is 0.232. The molecule has 1 aliphatic carbocycles. The van der Waals surface area contributed by atoms with E-state index in [1.54, 1.807) is 0 Å². The highest BCUT2D eigenvalue weighted by Gasteiger charge is 2.50. The Labute approximate surface area is 218 Å². The van der Waals surface area contributed by atoms with E-state index in [0.717, 1.165) is 28.1 Å². The SMILES string of the molecule is CC1(C)c2ccccc2-c2c(N3c4ccccc4N(c4ccccc4)P3(=O)c3ccccc3)cccc21. The number of benzene rings is 5. The molecular formula is C33H27N2OP. The molecule has 37 heavy (non-hydrogen) atoms. The van der Waals surface area contributed by atoms with Gasteiger partial charge in [0.05, 0.1) is 22.4 Å². The first-order chi connectivity index (χ1) is 18.0. The summed E-state index contributed by atoms with van der Waals surface area (Å²) in [6, 6.07) is 43.4. The van der Waals surface area contributed by atoms with E-state index in [1.165, 1.54) is 22.3 Å². The standard InChI is InChI=1S/C33H27N2OP/c1-33(2)27-19-10-9-18-26(27)32-28(33)20-13-23-31(32)35-30-22-12-11-21-29(30)34(24-14-5-3-6-15-24)37(35,36)25-16-7-4-8-17-25/h3-23H,1-2H3. The zero-order chi connectivity index (χ0) is 25.2. The van der Waals surface area contributed by atoms with Crippen molar-refractivity contribution in [2.45, 2.75) is 19.3 Å². The number of hydrogen-bond acceptors (Lipinski definition) is 1. The topological polar surface area (TPSA) is 23.6 Å². The summed E-state index contributed by atoms with van der Waals surface area (Å²) in [5, 5.41) is 0.804. The average Bonchev–Trinajstić information content (AvgIpc) is 3.35. The number of nitrogens with zero attached hydrogens (tertiary/aromatic N) is 2. The Kier molecular flexibility index (Phi) is 4.77. The van der Waals surface area contributed by atoms with Gasteiger partial charge in [-0.1, -0.05) is 98.8 Å². The Balaban J connectivity index is 1.58. The third-order valence-corrected chi connectivity index (χ3v) is 10.7. The van der Waals surface area contributed by atoms with Crippen molar-refractivity contribution in [3.63, 3.8) is 0 Å². The van der Waals surface area contributed by atoms with Crippen LogP contribution < -0.4 is 14.6 Å². The fourth-order valence-electron chi connectivity index (χ4n) is 6.11. The molecule has 1 heterocycles. The maximum atomic E-state index is 15.9. The zero-order valence-electron chi connectivity index (χ0n) is 20.9. The van der Waals surface area contributed by atoms with Gasteiger partial charge in [0.1, 0.15) is 0 Å². The first-order valence-electron chi connectivity index (χ1n) is 12.7. The Morgan fingerprint density at radius 3 is 1.81 bits per heavy atom. The van der Waals surface area contributed by atoms with Crippen LogP contribution in [0.2, 0.25) is 0 Å². The maximum Gasteiger partial charge on any atom is 0.301 e. The van der Waals surface area contributed by atoms with Crippen molar-refractivity contribution < 1.29 is 4.57 Å². The summed E-state index contributed by atoms with van der Waals surface area (Å²) in [5.74, 6) is 0. The summed E-state index contributed by atoms with van der Waals surface area (Å²) in [7, 11) is -3.39. The van der Waals surface area contributed by atoms with Crippen molar-refractivity contribution in [2.75, 3.05) is 9.34 Å². The molecule has 1 aliphatic heterocycles. The van der Waals surface area contributed by atoms with Crippen LogP contribution in [0.4, 0.5) is 22.7 Å². The first kappa shape index (κ1) is 22.2. The number of rotatable bonds is 3. The molecule has 2 aliphatic rings. The Hall–Kier alpha value is -4.07. The molecule has 1 atom stereocenters. The van der Waals surface area contributed by atoms with E-state index in [0.29, 0.717) is 0 Å². The smallest absolute Gasteiger partial charge is 0.270 e. The average molecular weight is 499 g/mol. The molecule has 7 rings (SSSR count). The van der Waals surface area contributed by atoms with Crippen LogP contribution >= 0.6 is 7.44 Å². The zero-order valence-corrected chi connectivity index (χ0v) is 21.8. The minimum absolute atomic E-state index is 0.142. The van der Waals surface area contributed by atoms with Gasteiger partial charge in [-0.2, -0.15) is 0 Å². The lowest BCUT2D eigenvalue weighted by atomic mass is 9.82. The molecule has 4 heteroatoms. The summed E-state index contributed by atoms with van der Waals surface area (Å²) < 4.78 is 20.0. The van der Waals surface area contributed by atoms with Crippen LogP contribution in [0.25, 0.3) is 11.1 Å². The normalized spacial score (nSPS) is 18.9. The first-order valence-corrected chi connectivity index (χ1v) is 14.3. The predicted molar refractivity (Wildman–Crippen MR) is 155 cm³/mol. The highest BCUT2D eigenvalue weighted by molar-refractivity contribution is 7.76. The fourth-order valence-corrected chi connectivity index (χ4v) is 9.14. The van der Waals surface area contributed by atoms with E-state index in [9.17, 15) is 0 Å². The van der Waals surface area contributed by atoms with Gasteiger partial charge >= 0.3 is 7.44 Å². The second-order valence-electron chi connectivity index (χ2n) is 10.2. The fraction of sp³-hybridized carbons (Fsp3) is 0.0909. The maximum absolute atomic E-state index is 15.9. The van der Waals surface area contributed by atoms with Crippen LogP contribution in [0, 0.1) is 0 Å². The third kappa shape index (κ3) is 2.98. The molecule has 0 N–H and O–H groups in total. The van der Waals surface area contributed by atoms with E-state index in [2.05, 4.69) is 77.8 Å². The molecule has 0 amide bonds. The molecule has 1 unspecified atom stereocenters. The van der Waals surface area contributed by atoms with Gasteiger partial charge in [-0.25, -0.2) is 0 Å². The van der Waals surface area contributed by atoms with Gasteiger partial charge in [-0.3, -0.25) is 13.9 Å². The minimum Gasteiger partial charge on any atom is -0.270 e. The molecule has 5 aromatic rings. The molecule has 0 fully saturated rings. The van der Waals surface area contributed by atoms with Crippen molar-refractivity contribution in [1.82, 2.24) is 0 Å². The highest BCUT2D eigenvalue weighted by atomic mass is 31.2. The van der Waals surface area contributed by atoms with E-state index in [-0.39, 0.29) is 5.41 Å². The van der Waals surface area contributed by atoms with Gasteiger partial charge < -0.3 is 0 Å². The Morgan fingerprint density at radius 1 is 0.541 bits per heavy atom. The monoisotopic (exact) mass is 498 g/mol. The summed E-state index contributed by atoms with van der Waals surface area (Å²) >= 11 is 0.